The Labute approximate surface area is 112 Å². The van der Waals surface area contributed by atoms with Gasteiger partial charge in [-0.1, -0.05) is 17.7 Å². The molecule has 2 aromatic rings. The number of amides is 1. The van der Waals surface area contributed by atoms with E-state index in [2.05, 4.69) is 15.5 Å². The third-order valence-corrected chi connectivity index (χ3v) is 2.73. The molecule has 0 spiro atoms. The Morgan fingerprint density at radius 1 is 1.53 bits per heavy atom. The fourth-order valence-corrected chi connectivity index (χ4v) is 1.67. The van der Waals surface area contributed by atoms with Crippen LogP contribution in [0.5, 0.6) is 0 Å². The topological polar surface area (TPSA) is 101 Å². The summed E-state index contributed by atoms with van der Waals surface area (Å²) >= 11 is 5.83. The number of carbonyl (C=O) groups is 1. The number of anilines is 1. The Kier molecular flexibility index (Phi) is 3.48. The van der Waals surface area contributed by atoms with Crippen molar-refractivity contribution in [3.05, 3.63) is 50.8 Å². The van der Waals surface area contributed by atoms with Gasteiger partial charge in [0, 0.05) is 10.7 Å². The lowest BCUT2D eigenvalue weighted by molar-refractivity contribution is -0.385. The van der Waals surface area contributed by atoms with Gasteiger partial charge in [-0.05, 0) is 24.6 Å². The minimum atomic E-state index is -0.677. The fraction of sp³-hybridized carbons (Fsp3) is 0.0909. The summed E-state index contributed by atoms with van der Waals surface area (Å²) in [4.78, 5) is 22.0. The number of aryl methyl sites for hydroxylation is 1. The first kappa shape index (κ1) is 13.0. The summed E-state index contributed by atoms with van der Waals surface area (Å²) in [6.07, 6.45) is 0.986. The highest BCUT2D eigenvalue weighted by Gasteiger charge is 2.23. The van der Waals surface area contributed by atoms with E-state index in [1.807, 2.05) is 0 Å². The molecule has 0 aliphatic rings. The van der Waals surface area contributed by atoms with Crippen molar-refractivity contribution in [1.82, 2.24) is 10.2 Å². The molecule has 0 saturated heterocycles. The number of carbonyl (C=O) groups excluding carboxylic acids is 1. The van der Waals surface area contributed by atoms with Crippen molar-refractivity contribution < 1.29 is 9.72 Å². The predicted molar refractivity (Wildman–Crippen MR) is 69.4 cm³/mol. The average Bonchev–Trinajstić information content (AvgIpc) is 2.83. The van der Waals surface area contributed by atoms with Gasteiger partial charge in [0.2, 0.25) is 5.69 Å². The van der Waals surface area contributed by atoms with Gasteiger partial charge in [0.1, 0.15) is 6.20 Å². The molecule has 0 bridgehead atoms. The molecular weight excluding hydrogens is 272 g/mol. The lowest BCUT2D eigenvalue weighted by atomic mass is 10.2. The average molecular weight is 281 g/mol. The summed E-state index contributed by atoms with van der Waals surface area (Å²) in [6, 6.07) is 4.99. The quantitative estimate of drug-likeness (QED) is 0.666. The van der Waals surface area contributed by atoms with E-state index in [9.17, 15) is 14.9 Å². The van der Waals surface area contributed by atoms with Crippen LogP contribution in [0.3, 0.4) is 0 Å². The molecule has 0 atom stereocenters. The van der Waals surface area contributed by atoms with E-state index in [0.29, 0.717) is 10.7 Å². The van der Waals surface area contributed by atoms with Crippen LogP contribution in [0.25, 0.3) is 0 Å². The molecule has 1 aromatic carbocycles. The van der Waals surface area contributed by atoms with Crippen molar-refractivity contribution in [3.8, 4) is 0 Å². The standard InChI is InChI=1S/C11H9ClN4O3/c1-6-2-3-7(12)4-8(6)14-11(17)10-9(16(18)19)5-13-15-10/h2-5H,1H3,(H,13,15)(H,14,17). The molecule has 0 saturated carbocycles. The predicted octanol–water partition coefficient (Wildman–Crippen LogP) is 2.53. The zero-order chi connectivity index (χ0) is 14.0. The van der Waals surface area contributed by atoms with Gasteiger partial charge in [-0.15, -0.1) is 0 Å². The molecule has 0 aliphatic carbocycles. The van der Waals surface area contributed by atoms with Gasteiger partial charge in [0.15, 0.2) is 0 Å². The highest BCUT2D eigenvalue weighted by Crippen LogP contribution is 2.22. The summed E-state index contributed by atoms with van der Waals surface area (Å²) in [7, 11) is 0. The molecule has 7 nitrogen and oxygen atoms in total. The van der Waals surface area contributed by atoms with E-state index in [-0.39, 0.29) is 11.4 Å². The first-order chi connectivity index (χ1) is 8.99. The van der Waals surface area contributed by atoms with E-state index in [0.717, 1.165) is 11.8 Å². The van der Waals surface area contributed by atoms with Crippen LogP contribution in [0.1, 0.15) is 16.1 Å². The van der Waals surface area contributed by atoms with Crippen molar-refractivity contribution in [2.45, 2.75) is 6.92 Å². The van der Waals surface area contributed by atoms with Crippen LogP contribution in [0.2, 0.25) is 5.02 Å². The maximum absolute atomic E-state index is 11.9. The fourth-order valence-electron chi connectivity index (χ4n) is 1.50. The Balaban J connectivity index is 2.28. The number of aromatic amines is 1. The SMILES string of the molecule is Cc1ccc(Cl)cc1NC(=O)c1[nH]ncc1[N+](=O)[O-]. The Morgan fingerprint density at radius 3 is 2.95 bits per heavy atom. The molecule has 1 amide bonds. The Hall–Kier alpha value is -2.41. The van der Waals surface area contributed by atoms with Crippen molar-refractivity contribution in [2.75, 3.05) is 5.32 Å². The number of hydrogen-bond donors (Lipinski definition) is 2. The van der Waals surface area contributed by atoms with Crippen LogP contribution in [-0.2, 0) is 0 Å². The molecule has 2 N–H and O–H groups in total. The summed E-state index contributed by atoms with van der Waals surface area (Å²) < 4.78 is 0. The normalized spacial score (nSPS) is 10.2. The maximum atomic E-state index is 11.9. The highest BCUT2D eigenvalue weighted by atomic mass is 35.5. The molecular formula is C11H9ClN4O3. The molecule has 19 heavy (non-hydrogen) atoms. The van der Waals surface area contributed by atoms with Crippen LogP contribution < -0.4 is 5.32 Å². The minimum absolute atomic E-state index is 0.204. The molecule has 0 aliphatic heterocycles. The van der Waals surface area contributed by atoms with Gasteiger partial charge in [-0.3, -0.25) is 20.0 Å². The second kappa shape index (κ2) is 5.07. The zero-order valence-corrected chi connectivity index (χ0v) is 10.6. The van der Waals surface area contributed by atoms with Gasteiger partial charge < -0.3 is 5.32 Å². The van der Waals surface area contributed by atoms with Crippen molar-refractivity contribution in [1.29, 1.82) is 0 Å². The number of halogens is 1. The Bertz CT molecular complexity index is 653. The van der Waals surface area contributed by atoms with E-state index < -0.39 is 10.8 Å². The molecule has 0 unspecified atom stereocenters. The van der Waals surface area contributed by atoms with E-state index in [1.54, 1.807) is 25.1 Å². The van der Waals surface area contributed by atoms with Gasteiger partial charge in [-0.25, -0.2) is 0 Å². The molecule has 8 heteroatoms. The molecule has 1 aromatic heterocycles. The zero-order valence-electron chi connectivity index (χ0n) is 9.81. The summed E-state index contributed by atoms with van der Waals surface area (Å²) in [5.74, 6) is -0.644. The lowest BCUT2D eigenvalue weighted by Crippen LogP contribution is -2.14. The third kappa shape index (κ3) is 2.71. The Morgan fingerprint density at radius 2 is 2.26 bits per heavy atom. The number of H-pyrrole nitrogens is 1. The van der Waals surface area contributed by atoms with Gasteiger partial charge in [0.25, 0.3) is 5.91 Å². The van der Waals surface area contributed by atoms with Gasteiger partial charge in [0.05, 0.1) is 4.92 Å². The number of rotatable bonds is 3. The lowest BCUT2D eigenvalue weighted by Gasteiger charge is -2.07. The first-order valence-electron chi connectivity index (χ1n) is 5.24. The van der Waals surface area contributed by atoms with Crippen molar-refractivity contribution >= 4 is 28.9 Å². The van der Waals surface area contributed by atoms with E-state index in [4.69, 9.17) is 11.6 Å². The molecule has 0 fully saturated rings. The summed E-state index contributed by atoms with van der Waals surface area (Å²) in [5, 5.41) is 19.5. The number of benzene rings is 1. The van der Waals surface area contributed by atoms with Crippen molar-refractivity contribution in [2.24, 2.45) is 0 Å². The third-order valence-electron chi connectivity index (χ3n) is 2.49. The second-order valence-corrected chi connectivity index (χ2v) is 4.24. The van der Waals surface area contributed by atoms with Crippen molar-refractivity contribution in [3.63, 3.8) is 0 Å². The van der Waals surface area contributed by atoms with Crippen LogP contribution in [-0.4, -0.2) is 21.0 Å². The van der Waals surface area contributed by atoms with Crippen LogP contribution in [0.4, 0.5) is 11.4 Å². The van der Waals surface area contributed by atoms with E-state index >= 15 is 0 Å². The number of nitrogens with one attached hydrogen (secondary N) is 2. The monoisotopic (exact) mass is 280 g/mol. The number of nitro groups is 1. The maximum Gasteiger partial charge on any atom is 0.319 e. The number of nitrogens with zero attached hydrogens (tertiary/aromatic N) is 2. The van der Waals surface area contributed by atoms with Gasteiger partial charge >= 0.3 is 5.69 Å². The van der Waals surface area contributed by atoms with Crippen LogP contribution in [0.15, 0.2) is 24.4 Å². The summed E-state index contributed by atoms with van der Waals surface area (Å²) in [5.41, 5.74) is 0.697. The minimum Gasteiger partial charge on any atom is -0.320 e. The molecule has 98 valence electrons. The first-order valence-corrected chi connectivity index (χ1v) is 5.62. The highest BCUT2D eigenvalue weighted by molar-refractivity contribution is 6.31. The summed E-state index contributed by atoms with van der Waals surface area (Å²) in [6.45, 7) is 1.79. The van der Waals surface area contributed by atoms with Gasteiger partial charge in [-0.2, -0.15) is 5.10 Å². The number of aromatic nitrogens is 2. The molecule has 0 radical (unpaired) electrons. The molecule has 1 heterocycles. The number of hydrogen-bond acceptors (Lipinski definition) is 4. The van der Waals surface area contributed by atoms with Crippen LogP contribution >= 0.6 is 11.6 Å². The second-order valence-electron chi connectivity index (χ2n) is 3.80. The molecule has 2 rings (SSSR count). The van der Waals surface area contributed by atoms with E-state index in [1.165, 1.54) is 0 Å². The smallest absolute Gasteiger partial charge is 0.319 e. The van der Waals surface area contributed by atoms with Crippen LogP contribution in [0, 0.1) is 17.0 Å². The largest absolute Gasteiger partial charge is 0.320 e.